The molecule has 1 unspecified atom stereocenters. The summed E-state index contributed by atoms with van der Waals surface area (Å²) in [5, 5.41) is 0. The van der Waals surface area contributed by atoms with Gasteiger partial charge in [-0.3, -0.25) is 9.59 Å². The SMILES string of the molecule is COCC(=O)N1CCc2[nH]cnc2C12CCN(C(=O)C1CC13CCCCC3)CC2. The molecule has 2 saturated carbocycles. The molecule has 7 nitrogen and oxygen atoms in total. The highest BCUT2D eigenvalue weighted by Gasteiger charge is 2.59. The molecule has 2 amide bonds. The number of aromatic nitrogens is 2. The maximum atomic E-state index is 13.2. The van der Waals surface area contributed by atoms with E-state index in [0.717, 1.165) is 37.1 Å². The van der Waals surface area contributed by atoms with Crippen molar-refractivity contribution in [3.05, 3.63) is 17.7 Å². The third-order valence-corrected chi connectivity index (χ3v) is 8.07. The molecule has 29 heavy (non-hydrogen) atoms. The van der Waals surface area contributed by atoms with Gasteiger partial charge >= 0.3 is 0 Å². The van der Waals surface area contributed by atoms with Gasteiger partial charge in [0.1, 0.15) is 6.61 Å². The lowest BCUT2D eigenvalue weighted by molar-refractivity contribution is -0.148. The first-order chi connectivity index (χ1) is 14.1. The van der Waals surface area contributed by atoms with Crippen LogP contribution in [0, 0.1) is 11.3 Å². The van der Waals surface area contributed by atoms with Crippen molar-refractivity contribution in [1.82, 2.24) is 19.8 Å². The Morgan fingerprint density at radius 2 is 1.93 bits per heavy atom. The fourth-order valence-corrected chi connectivity index (χ4v) is 6.37. The summed E-state index contributed by atoms with van der Waals surface area (Å²) in [6.45, 7) is 2.18. The molecule has 7 heteroatoms. The average Bonchev–Trinajstić information content (AvgIpc) is 3.19. The minimum absolute atomic E-state index is 0.0178. The highest BCUT2D eigenvalue weighted by atomic mass is 16.5. The number of imidazole rings is 1. The number of hydrogen-bond donors (Lipinski definition) is 1. The molecule has 0 radical (unpaired) electrons. The Balaban J connectivity index is 1.32. The second-order valence-electron chi connectivity index (χ2n) is 9.49. The molecule has 4 aliphatic rings. The lowest BCUT2D eigenvalue weighted by atomic mass is 9.78. The molecule has 2 aliphatic heterocycles. The fraction of sp³-hybridized carbons (Fsp3) is 0.773. The molecule has 2 aliphatic carbocycles. The van der Waals surface area contributed by atoms with Crippen LogP contribution >= 0.6 is 0 Å². The maximum absolute atomic E-state index is 13.2. The van der Waals surface area contributed by atoms with Crippen LogP contribution in [0.2, 0.25) is 0 Å². The number of hydrogen-bond acceptors (Lipinski definition) is 4. The molecule has 0 aromatic carbocycles. The molecule has 1 aromatic rings. The lowest BCUT2D eigenvalue weighted by Crippen LogP contribution is -2.59. The Morgan fingerprint density at radius 1 is 1.17 bits per heavy atom. The van der Waals surface area contributed by atoms with Crippen LogP contribution < -0.4 is 0 Å². The largest absolute Gasteiger partial charge is 0.375 e. The highest BCUT2D eigenvalue weighted by molar-refractivity contribution is 5.83. The van der Waals surface area contributed by atoms with Gasteiger partial charge in [-0.25, -0.2) is 4.98 Å². The van der Waals surface area contributed by atoms with E-state index >= 15 is 0 Å². The summed E-state index contributed by atoms with van der Waals surface area (Å²) in [6, 6.07) is 0. The van der Waals surface area contributed by atoms with E-state index in [0.29, 0.717) is 31.0 Å². The van der Waals surface area contributed by atoms with Gasteiger partial charge < -0.3 is 19.5 Å². The zero-order chi connectivity index (χ0) is 20.1. The van der Waals surface area contributed by atoms with E-state index in [1.54, 1.807) is 13.4 Å². The molecule has 1 atom stereocenters. The van der Waals surface area contributed by atoms with Crippen molar-refractivity contribution in [2.24, 2.45) is 11.3 Å². The van der Waals surface area contributed by atoms with E-state index in [1.807, 2.05) is 4.90 Å². The second-order valence-corrected chi connectivity index (χ2v) is 9.49. The number of amides is 2. The van der Waals surface area contributed by atoms with E-state index in [-0.39, 0.29) is 18.4 Å². The highest BCUT2D eigenvalue weighted by Crippen LogP contribution is 2.62. The summed E-state index contributed by atoms with van der Waals surface area (Å²) < 4.78 is 5.14. The Kier molecular flexibility index (Phi) is 4.68. The predicted molar refractivity (Wildman–Crippen MR) is 107 cm³/mol. The molecule has 2 spiro atoms. The number of carbonyl (C=O) groups is 2. The fourth-order valence-electron chi connectivity index (χ4n) is 6.37. The van der Waals surface area contributed by atoms with Gasteiger partial charge in [-0.1, -0.05) is 19.3 Å². The normalized spacial score (nSPS) is 27.1. The summed E-state index contributed by atoms with van der Waals surface area (Å²) in [5.74, 6) is 0.620. The summed E-state index contributed by atoms with van der Waals surface area (Å²) >= 11 is 0. The lowest BCUT2D eigenvalue weighted by Gasteiger charge is -2.50. The average molecular weight is 401 g/mol. The third-order valence-electron chi connectivity index (χ3n) is 8.07. The zero-order valence-corrected chi connectivity index (χ0v) is 17.4. The summed E-state index contributed by atoms with van der Waals surface area (Å²) in [6.07, 6.45) is 11.5. The van der Waals surface area contributed by atoms with Crippen LogP contribution in [-0.2, 0) is 26.3 Å². The molecule has 0 bridgehead atoms. The van der Waals surface area contributed by atoms with Crippen LogP contribution in [0.25, 0.3) is 0 Å². The number of rotatable bonds is 3. The van der Waals surface area contributed by atoms with Crippen LogP contribution in [0.5, 0.6) is 0 Å². The molecular formula is C22H32N4O3. The molecule has 158 valence electrons. The van der Waals surface area contributed by atoms with Crippen molar-refractivity contribution in [2.75, 3.05) is 33.4 Å². The van der Waals surface area contributed by atoms with Gasteiger partial charge in [0.05, 0.1) is 17.6 Å². The van der Waals surface area contributed by atoms with Gasteiger partial charge in [-0.2, -0.15) is 0 Å². The van der Waals surface area contributed by atoms with E-state index in [4.69, 9.17) is 4.74 Å². The molecule has 1 aromatic heterocycles. The van der Waals surface area contributed by atoms with Gasteiger partial charge in [0.15, 0.2) is 0 Å². The van der Waals surface area contributed by atoms with Crippen LogP contribution in [0.1, 0.15) is 62.8 Å². The number of ether oxygens (including phenoxy) is 1. The van der Waals surface area contributed by atoms with Gasteiger partial charge in [0, 0.05) is 44.8 Å². The number of methoxy groups -OCH3 is 1. The van der Waals surface area contributed by atoms with Crippen LogP contribution in [0.4, 0.5) is 0 Å². The van der Waals surface area contributed by atoms with Gasteiger partial charge in [-0.15, -0.1) is 0 Å². The summed E-state index contributed by atoms with van der Waals surface area (Å²) in [5.41, 5.74) is 2.04. The molecule has 5 rings (SSSR count). The van der Waals surface area contributed by atoms with E-state index in [9.17, 15) is 9.59 Å². The van der Waals surface area contributed by atoms with Crippen molar-refractivity contribution in [3.63, 3.8) is 0 Å². The molecule has 3 fully saturated rings. The summed E-state index contributed by atoms with van der Waals surface area (Å²) in [4.78, 5) is 38.0. The van der Waals surface area contributed by atoms with E-state index < -0.39 is 5.54 Å². The number of likely N-dealkylation sites (tertiary alicyclic amines) is 1. The number of H-pyrrole nitrogens is 1. The number of aromatic amines is 1. The number of nitrogens with zero attached hydrogens (tertiary/aromatic N) is 3. The van der Waals surface area contributed by atoms with Crippen LogP contribution in [0.3, 0.4) is 0 Å². The smallest absolute Gasteiger partial charge is 0.249 e. The van der Waals surface area contributed by atoms with Crippen LogP contribution in [-0.4, -0.2) is 64.9 Å². The molecule has 1 N–H and O–H groups in total. The quantitative estimate of drug-likeness (QED) is 0.844. The van der Waals surface area contributed by atoms with Crippen molar-refractivity contribution in [2.45, 2.75) is 63.3 Å². The minimum Gasteiger partial charge on any atom is -0.375 e. The maximum Gasteiger partial charge on any atom is 0.249 e. The Hall–Kier alpha value is -1.89. The topological polar surface area (TPSA) is 78.5 Å². The van der Waals surface area contributed by atoms with Crippen molar-refractivity contribution in [3.8, 4) is 0 Å². The Morgan fingerprint density at radius 3 is 2.66 bits per heavy atom. The van der Waals surface area contributed by atoms with Gasteiger partial charge in [0.2, 0.25) is 11.8 Å². The number of carbonyl (C=O) groups excluding carboxylic acids is 2. The summed E-state index contributed by atoms with van der Waals surface area (Å²) in [7, 11) is 1.56. The van der Waals surface area contributed by atoms with E-state index in [2.05, 4.69) is 14.9 Å². The van der Waals surface area contributed by atoms with Crippen molar-refractivity contribution in [1.29, 1.82) is 0 Å². The number of piperidine rings is 1. The first kappa shape index (κ1) is 19.1. The Bertz CT molecular complexity index is 790. The number of fused-ring (bicyclic) bond motifs is 2. The molecular weight excluding hydrogens is 368 g/mol. The minimum atomic E-state index is -0.411. The Labute approximate surface area is 172 Å². The van der Waals surface area contributed by atoms with Crippen molar-refractivity contribution < 1.29 is 14.3 Å². The third kappa shape index (κ3) is 3.00. The van der Waals surface area contributed by atoms with Gasteiger partial charge in [-0.05, 0) is 37.5 Å². The van der Waals surface area contributed by atoms with E-state index in [1.165, 1.54) is 32.1 Å². The molecule has 1 saturated heterocycles. The number of nitrogens with one attached hydrogen (secondary N) is 1. The first-order valence-corrected chi connectivity index (χ1v) is 11.2. The monoisotopic (exact) mass is 400 g/mol. The predicted octanol–water partition coefficient (Wildman–Crippen LogP) is 2.23. The second kappa shape index (κ2) is 7.11. The molecule has 3 heterocycles. The standard InChI is InChI=1S/C22H32N4O3/c1-29-14-18(27)26-10-5-17-19(24-15-23-17)22(26)8-11-25(12-9-22)20(28)16-13-21(16)6-3-2-4-7-21/h15-16H,2-14H2,1H3,(H,23,24). The van der Waals surface area contributed by atoms with Crippen LogP contribution in [0.15, 0.2) is 6.33 Å². The van der Waals surface area contributed by atoms with Crippen molar-refractivity contribution >= 4 is 11.8 Å². The first-order valence-electron chi connectivity index (χ1n) is 11.2. The zero-order valence-electron chi connectivity index (χ0n) is 17.4. The van der Waals surface area contributed by atoms with Gasteiger partial charge in [0.25, 0.3) is 0 Å².